The summed E-state index contributed by atoms with van der Waals surface area (Å²) in [6.45, 7) is 2.41. The van der Waals surface area contributed by atoms with E-state index in [4.69, 9.17) is 9.47 Å². The highest BCUT2D eigenvalue weighted by Crippen LogP contribution is 2.33. The fourth-order valence-electron chi connectivity index (χ4n) is 4.03. The molecule has 1 amide bonds. The summed E-state index contributed by atoms with van der Waals surface area (Å²) in [6.07, 6.45) is 3.39. The third kappa shape index (κ3) is 4.34. The maximum Gasteiger partial charge on any atom is 0.229 e. The van der Waals surface area contributed by atoms with Crippen molar-refractivity contribution in [3.05, 3.63) is 60.5 Å². The molecule has 3 aromatic rings. The van der Waals surface area contributed by atoms with Gasteiger partial charge >= 0.3 is 0 Å². The molecule has 0 radical (unpaired) electrons. The molecule has 0 bridgehead atoms. The van der Waals surface area contributed by atoms with Gasteiger partial charge in [0.1, 0.15) is 24.8 Å². The Labute approximate surface area is 185 Å². The first-order chi connectivity index (χ1) is 15.7. The van der Waals surface area contributed by atoms with E-state index >= 15 is 0 Å². The number of nitrogens with zero attached hydrogens (tertiary/aromatic N) is 3. The Morgan fingerprint density at radius 2 is 1.88 bits per heavy atom. The van der Waals surface area contributed by atoms with Crippen LogP contribution in [0.25, 0.3) is 11.4 Å². The normalized spacial score (nSPS) is 17.7. The van der Waals surface area contributed by atoms with Crippen LogP contribution < -0.4 is 19.7 Å². The highest BCUT2D eigenvalue weighted by Gasteiger charge is 2.27. The number of aromatic nitrogens is 2. The summed E-state index contributed by atoms with van der Waals surface area (Å²) >= 11 is 0. The summed E-state index contributed by atoms with van der Waals surface area (Å²) in [4.78, 5) is 24.0. The van der Waals surface area contributed by atoms with Gasteiger partial charge in [-0.1, -0.05) is 0 Å². The van der Waals surface area contributed by atoms with Crippen LogP contribution in [0.15, 0.2) is 54.7 Å². The smallest absolute Gasteiger partial charge is 0.229 e. The zero-order valence-corrected chi connectivity index (χ0v) is 17.5. The number of fused-ring (bicyclic) bond motifs is 1. The minimum absolute atomic E-state index is 0.0285. The summed E-state index contributed by atoms with van der Waals surface area (Å²) in [6, 6.07) is 13.4. The largest absolute Gasteiger partial charge is 0.486 e. The van der Waals surface area contributed by atoms with Crippen LogP contribution in [0, 0.1) is 11.7 Å². The summed E-state index contributed by atoms with van der Waals surface area (Å²) in [7, 11) is 0. The Bertz CT molecular complexity index is 1120. The molecule has 7 nitrogen and oxygen atoms in total. The number of piperidine rings is 1. The number of carbonyl (C=O) groups excluding carboxylic acids is 1. The zero-order chi connectivity index (χ0) is 21.9. The molecule has 2 aliphatic heterocycles. The Hall–Kier alpha value is -3.68. The van der Waals surface area contributed by atoms with Crippen molar-refractivity contribution in [2.75, 3.05) is 36.5 Å². The number of anilines is 2. The lowest BCUT2D eigenvalue weighted by Gasteiger charge is -2.33. The van der Waals surface area contributed by atoms with E-state index in [1.54, 1.807) is 24.4 Å². The van der Waals surface area contributed by atoms with Crippen LogP contribution in [0.3, 0.4) is 0 Å². The van der Waals surface area contributed by atoms with Crippen molar-refractivity contribution in [2.24, 2.45) is 5.92 Å². The first-order valence-electron chi connectivity index (χ1n) is 10.7. The van der Waals surface area contributed by atoms with Crippen molar-refractivity contribution in [2.45, 2.75) is 12.8 Å². The standard InChI is InChI=1S/C24H23FN4O3/c25-18-5-3-16(4-6-18)23-26-10-9-22(28-23)29-11-1-2-17(15-29)24(30)27-19-7-8-20-21(14-19)32-13-12-31-20/h3-10,14,17H,1-2,11-13,15H2,(H,27,30)/t17-/m0/s1. The van der Waals surface area contributed by atoms with Crippen LogP contribution in [0.2, 0.25) is 0 Å². The second kappa shape index (κ2) is 8.82. The molecule has 8 heteroatoms. The van der Waals surface area contributed by atoms with E-state index in [1.807, 2.05) is 18.2 Å². The van der Waals surface area contributed by atoms with E-state index in [2.05, 4.69) is 20.2 Å². The number of ether oxygens (including phenoxy) is 2. The van der Waals surface area contributed by atoms with Gasteiger partial charge < -0.3 is 19.7 Å². The van der Waals surface area contributed by atoms with Crippen LogP contribution in [0.5, 0.6) is 11.5 Å². The van der Waals surface area contributed by atoms with Crippen molar-refractivity contribution in [3.63, 3.8) is 0 Å². The summed E-state index contributed by atoms with van der Waals surface area (Å²) in [5, 5.41) is 3.01. The highest BCUT2D eigenvalue weighted by atomic mass is 19.1. The Morgan fingerprint density at radius 1 is 1.06 bits per heavy atom. The molecule has 1 saturated heterocycles. The van der Waals surface area contributed by atoms with E-state index in [9.17, 15) is 9.18 Å². The number of nitrogens with one attached hydrogen (secondary N) is 1. The van der Waals surface area contributed by atoms with Gasteiger partial charge in [-0.2, -0.15) is 0 Å². The Morgan fingerprint density at radius 3 is 2.72 bits per heavy atom. The second-order valence-corrected chi connectivity index (χ2v) is 7.88. The maximum atomic E-state index is 13.2. The molecule has 2 aromatic carbocycles. The first kappa shape index (κ1) is 20.2. The van der Waals surface area contributed by atoms with Gasteiger partial charge in [0.25, 0.3) is 0 Å². The highest BCUT2D eigenvalue weighted by molar-refractivity contribution is 5.93. The van der Waals surface area contributed by atoms with Crippen LogP contribution in [-0.4, -0.2) is 42.2 Å². The van der Waals surface area contributed by atoms with Gasteiger partial charge in [0.2, 0.25) is 5.91 Å². The van der Waals surface area contributed by atoms with E-state index in [1.165, 1.54) is 12.1 Å². The number of halogens is 1. The Balaban J connectivity index is 1.28. The van der Waals surface area contributed by atoms with Gasteiger partial charge in [-0.05, 0) is 55.3 Å². The number of benzene rings is 2. The van der Waals surface area contributed by atoms with Gasteiger partial charge in [0.05, 0.1) is 5.92 Å². The average Bonchev–Trinajstić information content (AvgIpc) is 2.84. The van der Waals surface area contributed by atoms with Crippen molar-refractivity contribution in [3.8, 4) is 22.9 Å². The van der Waals surface area contributed by atoms with Gasteiger partial charge in [0.15, 0.2) is 17.3 Å². The molecule has 5 rings (SSSR count). The average molecular weight is 434 g/mol. The van der Waals surface area contributed by atoms with Gasteiger partial charge in [0, 0.05) is 36.6 Å². The molecule has 1 atom stereocenters. The molecule has 1 fully saturated rings. The van der Waals surface area contributed by atoms with E-state index in [-0.39, 0.29) is 17.6 Å². The molecule has 3 heterocycles. The molecule has 0 unspecified atom stereocenters. The molecule has 0 spiro atoms. The number of hydrogen-bond acceptors (Lipinski definition) is 6. The van der Waals surface area contributed by atoms with Crippen LogP contribution in [-0.2, 0) is 4.79 Å². The van der Waals surface area contributed by atoms with E-state index in [0.717, 1.165) is 30.8 Å². The van der Waals surface area contributed by atoms with Crippen molar-refractivity contribution in [1.29, 1.82) is 0 Å². The number of carbonyl (C=O) groups is 1. The number of amides is 1. The molecule has 0 aliphatic carbocycles. The van der Waals surface area contributed by atoms with Crippen molar-refractivity contribution >= 4 is 17.4 Å². The number of rotatable bonds is 4. The fraction of sp³-hybridized carbons (Fsp3) is 0.292. The second-order valence-electron chi connectivity index (χ2n) is 7.88. The third-order valence-corrected chi connectivity index (χ3v) is 5.67. The van der Waals surface area contributed by atoms with Crippen molar-refractivity contribution in [1.82, 2.24) is 9.97 Å². The predicted molar refractivity (Wildman–Crippen MR) is 118 cm³/mol. The topological polar surface area (TPSA) is 76.6 Å². The lowest BCUT2D eigenvalue weighted by molar-refractivity contribution is -0.120. The monoisotopic (exact) mass is 434 g/mol. The lowest BCUT2D eigenvalue weighted by Crippen LogP contribution is -2.41. The lowest BCUT2D eigenvalue weighted by atomic mass is 9.97. The summed E-state index contributed by atoms with van der Waals surface area (Å²) in [5.41, 5.74) is 1.44. The summed E-state index contributed by atoms with van der Waals surface area (Å²) in [5.74, 6) is 2.14. The maximum absolute atomic E-state index is 13.2. The van der Waals surface area contributed by atoms with Gasteiger partial charge in [-0.25, -0.2) is 14.4 Å². The molecule has 0 saturated carbocycles. The first-order valence-corrected chi connectivity index (χ1v) is 10.7. The quantitative estimate of drug-likeness (QED) is 0.671. The minimum atomic E-state index is -0.298. The summed E-state index contributed by atoms with van der Waals surface area (Å²) < 4.78 is 24.4. The van der Waals surface area contributed by atoms with Crippen LogP contribution >= 0.6 is 0 Å². The SMILES string of the molecule is O=C(Nc1ccc2c(c1)OCCO2)[C@H]1CCCN(c2ccnc(-c3ccc(F)cc3)n2)C1. The van der Waals surface area contributed by atoms with Crippen LogP contribution in [0.4, 0.5) is 15.9 Å². The number of hydrogen-bond donors (Lipinski definition) is 1. The molecule has 1 aromatic heterocycles. The minimum Gasteiger partial charge on any atom is -0.486 e. The van der Waals surface area contributed by atoms with Gasteiger partial charge in [-0.15, -0.1) is 0 Å². The Kier molecular flexibility index (Phi) is 5.58. The van der Waals surface area contributed by atoms with E-state index in [0.29, 0.717) is 42.8 Å². The molecular weight excluding hydrogens is 411 g/mol. The van der Waals surface area contributed by atoms with Crippen LogP contribution in [0.1, 0.15) is 12.8 Å². The fourth-order valence-corrected chi connectivity index (χ4v) is 4.03. The van der Waals surface area contributed by atoms with E-state index < -0.39 is 0 Å². The molecule has 164 valence electrons. The predicted octanol–water partition coefficient (Wildman–Crippen LogP) is 3.91. The molecule has 1 N–H and O–H groups in total. The molecule has 2 aliphatic rings. The van der Waals surface area contributed by atoms with Crippen molar-refractivity contribution < 1.29 is 18.7 Å². The molecule has 32 heavy (non-hydrogen) atoms. The zero-order valence-electron chi connectivity index (χ0n) is 17.5. The van der Waals surface area contributed by atoms with Gasteiger partial charge in [-0.3, -0.25) is 4.79 Å². The molecular formula is C24H23FN4O3. The third-order valence-electron chi connectivity index (χ3n) is 5.67.